The van der Waals surface area contributed by atoms with Gasteiger partial charge in [0.25, 0.3) is 5.91 Å². The van der Waals surface area contributed by atoms with Crippen molar-refractivity contribution in [3.05, 3.63) is 36.2 Å². The first-order chi connectivity index (χ1) is 12.7. The molecule has 0 saturated carbocycles. The lowest BCUT2D eigenvalue weighted by Crippen LogP contribution is -2.49. The van der Waals surface area contributed by atoms with E-state index in [2.05, 4.69) is 9.97 Å². The number of carbonyl (C=O) groups is 2. The monoisotopic (exact) mass is 354 g/mol. The molecule has 136 valence electrons. The van der Waals surface area contributed by atoms with Crippen LogP contribution >= 0.6 is 0 Å². The Labute approximate surface area is 152 Å². The number of nitrogens with zero attached hydrogens (tertiary/aromatic N) is 4. The molecule has 1 aromatic heterocycles. The average Bonchev–Trinajstić information content (AvgIpc) is 2.73. The summed E-state index contributed by atoms with van der Waals surface area (Å²) >= 11 is 0. The molecule has 3 heterocycles. The number of rotatable bonds is 2. The van der Waals surface area contributed by atoms with Crippen molar-refractivity contribution in [2.24, 2.45) is 5.92 Å². The van der Waals surface area contributed by atoms with Gasteiger partial charge in [0, 0.05) is 38.6 Å². The molecule has 0 aliphatic carbocycles. The van der Waals surface area contributed by atoms with Crippen LogP contribution in [0, 0.1) is 5.92 Å². The van der Waals surface area contributed by atoms with Gasteiger partial charge >= 0.3 is 0 Å². The van der Waals surface area contributed by atoms with Gasteiger partial charge in [-0.3, -0.25) is 19.6 Å². The van der Waals surface area contributed by atoms with Gasteiger partial charge in [-0.25, -0.2) is 0 Å². The fourth-order valence-corrected chi connectivity index (χ4v) is 3.74. The van der Waals surface area contributed by atoms with E-state index in [1.807, 2.05) is 17.0 Å². The molecule has 7 heteroatoms. The van der Waals surface area contributed by atoms with Crippen LogP contribution in [0.2, 0.25) is 0 Å². The summed E-state index contributed by atoms with van der Waals surface area (Å²) in [4.78, 5) is 38.1. The maximum absolute atomic E-state index is 13.1. The summed E-state index contributed by atoms with van der Waals surface area (Å²) < 4.78 is 5.32. The second-order valence-electron chi connectivity index (χ2n) is 6.76. The van der Waals surface area contributed by atoms with E-state index in [1.54, 1.807) is 23.4 Å². The Hall–Kier alpha value is -2.54. The minimum atomic E-state index is -0.133. The van der Waals surface area contributed by atoms with Crippen molar-refractivity contribution < 1.29 is 14.3 Å². The number of para-hydroxylation sites is 1. The summed E-state index contributed by atoms with van der Waals surface area (Å²) in [6.07, 6.45) is 4.88. The van der Waals surface area contributed by atoms with E-state index in [9.17, 15) is 9.59 Å². The first-order valence-corrected chi connectivity index (χ1v) is 9.09. The molecule has 0 unspecified atom stereocenters. The number of hydrogen-bond acceptors (Lipinski definition) is 5. The number of aromatic nitrogens is 2. The number of hydrogen-bond donors (Lipinski definition) is 0. The largest absolute Gasteiger partial charge is 0.378 e. The van der Waals surface area contributed by atoms with Gasteiger partial charge in [0.1, 0.15) is 5.52 Å². The third-order valence-corrected chi connectivity index (χ3v) is 5.11. The second-order valence-corrected chi connectivity index (χ2v) is 6.76. The van der Waals surface area contributed by atoms with Crippen molar-refractivity contribution >= 4 is 22.8 Å². The molecule has 2 aliphatic rings. The highest BCUT2D eigenvalue weighted by molar-refractivity contribution is 6.04. The number of benzene rings is 1. The van der Waals surface area contributed by atoms with Crippen molar-refractivity contribution in [3.8, 4) is 0 Å². The van der Waals surface area contributed by atoms with Crippen LogP contribution in [0.5, 0.6) is 0 Å². The smallest absolute Gasteiger partial charge is 0.256 e. The van der Waals surface area contributed by atoms with Gasteiger partial charge in [0.05, 0.1) is 30.2 Å². The molecule has 7 nitrogen and oxygen atoms in total. The highest BCUT2D eigenvalue weighted by Gasteiger charge is 2.32. The molecule has 2 fully saturated rings. The van der Waals surface area contributed by atoms with Gasteiger partial charge in [-0.2, -0.15) is 0 Å². The third-order valence-electron chi connectivity index (χ3n) is 5.11. The molecular formula is C19H22N4O3. The molecule has 0 radical (unpaired) electrons. The zero-order valence-electron chi connectivity index (χ0n) is 14.6. The number of likely N-dealkylation sites (tertiary alicyclic amines) is 1. The fraction of sp³-hybridized carbons (Fsp3) is 0.474. The lowest BCUT2D eigenvalue weighted by atomic mass is 9.95. The van der Waals surface area contributed by atoms with E-state index in [4.69, 9.17) is 4.74 Å². The van der Waals surface area contributed by atoms with Crippen molar-refractivity contribution in [1.82, 2.24) is 19.8 Å². The lowest BCUT2D eigenvalue weighted by molar-refractivity contribution is -0.141. The van der Waals surface area contributed by atoms with Crippen LogP contribution in [0.3, 0.4) is 0 Å². The van der Waals surface area contributed by atoms with Crippen LogP contribution in [0.15, 0.2) is 30.6 Å². The normalized spacial score (nSPS) is 21.0. The van der Waals surface area contributed by atoms with Crippen molar-refractivity contribution in [3.63, 3.8) is 0 Å². The Kier molecular flexibility index (Phi) is 4.79. The summed E-state index contributed by atoms with van der Waals surface area (Å²) in [5.74, 6) is -0.0639. The molecule has 2 saturated heterocycles. The van der Waals surface area contributed by atoms with E-state index in [0.717, 1.165) is 12.8 Å². The highest BCUT2D eigenvalue weighted by Crippen LogP contribution is 2.23. The number of piperidine rings is 1. The van der Waals surface area contributed by atoms with Gasteiger partial charge < -0.3 is 14.5 Å². The molecule has 0 N–H and O–H groups in total. The van der Waals surface area contributed by atoms with Crippen LogP contribution in [0.4, 0.5) is 0 Å². The molecule has 2 amide bonds. The molecular weight excluding hydrogens is 332 g/mol. The molecule has 0 spiro atoms. The summed E-state index contributed by atoms with van der Waals surface area (Å²) in [7, 11) is 0. The van der Waals surface area contributed by atoms with E-state index < -0.39 is 0 Å². The van der Waals surface area contributed by atoms with Gasteiger partial charge in [-0.1, -0.05) is 6.07 Å². The predicted octanol–water partition coefficient (Wildman–Crippen LogP) is 1.34. The Bertz CT molecular complexity index is 814. The summed E-state index contributed by atoms with van der Waals surface area (Å²) in [6.45, 7) is 3.60. The molecule has 0 bridgehead atoms. The number of ether oxygens (including phenoxy) is 1. The van der Waals surface area contributed by atoms with Gasteiger partial charge in [0.15, 0.2) is 0 Å². The van der Waals surface area contributed by atoms with Gasteiger partial charge in [-0.15, -0.1) is 0 Å². The molecule has 4 rings (SSSR count). The number of carbonyl (C=O) groups excluding carboxylic acids is 2. The topological polar surface area (TPSA) is 75.6 Å². The van der Waals surface area contributed by atoms with E-state index in [1.165, 1.54) is 0 Å². The zero-order valence-corrected chi connectivity index (χ0v) is 14.6. The number of fused-ring (bicyclic) bond motifs is 1. The minimum absolute atomic E-state index is 0.0735. The Morgan fingerprint density at radius 3 is 2.69 bits per heavy atom. The molecule has 2 aromatic rings. The zero-order chi connectivity index (χ0) is 17.9. The Balaban J connectivity index is 1.52. The van der Waals surface area contributed by atoms with E-state index in [-0.39, 0.29) is 17.7 Å². The van der Waals surface area contributed by atoms with E-state index >= 15 is 0 Å². The van der Waals surface area contributed by atoms with Gasteiger partial charge in [0.2, 0.25) is 5.91 Å². The molecule has 2 aliphatic heterocycles. The van der Waals surface area contributed by atoms with Crippen molar-refractivity contribution in [2.45, 2.75) is 12.8 Å². The standard InChI is InChI=1S/C19H22N4O3/c24-18(22-9-11-26-12-10-22)14-3-2-8-23(13-14)19(25)15-4-1-5-16-17(15)21-7-6-20-16/h1,4-7,14H,2-3,8-13H2/t14-/m1/s1. The lowest BCUT2D eigenvalue weighted by Gasteiger charge is -2.36. The van der Waals surface area contributed by atoms with Gasteiger partial charge in [-0.05, 0) is 25.0 Å². The van der Waals surface area contributed by atoms with Crippen molar-refractivity contribution in [1.29, 1.82) is 0 Å². The molecule has 26 heavy (non-hydrogen) atoms. The maximum Gasteiger partial charge on any atom is 0.256 e. The summed E-state index contributed by atoms with van der Waals surface area (Å²) in [6, 6.07) is 5.46. The van der Waals surface area contributed by atoms with E-state index in [0.29, 0.717) is 56.0 Å². The van der Waals surface area contributed by atoms with Crippen LogP contribution in [0.1, 0.15) is 23.2 Å². The number of amides is 2. The van der Waals surface area contributed by atoms with Crippen LogP contribution in [-0.2, 0) is 9.53 Å². The average molecular weight is 354 g/mol. The van der Waals surface area contributed by atoms with Crippen LogP contribution in [-0.4, -0.2) is 71.0 Å². The third kappa shape index (κ3) is 3.26. The first-order valence-electron chi connectivity index (χ1n) is 9.09. The second kappa shape index (κ2) is 7.37. The minimum Gasteiger partial charge on any atom is -0.378 e. The molecule has 1 atom stereocenters. The fourth-order valence-electron chi connectivity index (χ4n) is 3.74. The highest BCUT2D eigenvalue weighted by atomic mass is 16.5. The first kappa shape index (κ1) is 16.9. The quantitative estimate of drug-likeness (QED) is 0.814. The Morgan fingerprint density at radius 2 is 1.85 bits per heavy atom. The maximum atomic E-state index is 13.1. The number of morpholine rings is 1. The van der Waals surface area contributed by atoms with Crippen LogP contribution < -0.4 is 0 Å². The molecule has 1 aromatic carbocycles. The predicted molar refractivity (Wildman–Crippen MR) is 95.6 cm³/mol. The van der Waals surface area contributed by atoms with Crippen molar-refractivity contribution in [2.75, 3.05) is 39.4 Å². The summed E-state index contributed by atoms with van der Waals surface area (Å²) in [5.41, 5.74) is 1.87. The van der Waals surface area contributed by atoms with Crippen LogP contribution in [0.25, 0.3) is 11.0 Å². The SMILES string of the molecule is O=C(c1cccc2nccnc12)N1CCC[C@@H](C(=O)N2CCOCC2)C1. The summed E-state index contributed by atoms with van der Waals surface area (Å²) in [5, 5.41) is 0. The Morgan fingerprint density at radius 1 is 1.04 bits per heavy atom.